The Morgan fingerprint density at radius 2 is 1.73 bits per heavy atom. The number of piperazine rings is 1. The summed E-state index contributed by atoms with van der Waals surface area (Å²) in [6.45, 7) is 3.56. The Morgan fingerprint density at radius 3 is 2.40 bits per heavy atom. The number of hydrogen-bond donors (Lipinski definition) is 1. The molecule has 1 atom stereocenters. The molecule has 30 heavy (non-hydrogen) atoms. The Balaban J connectivity index is 1.36. The van der Waals surface area contributed by atoms with Crippen molar-refractivity contribution >= 4 is 11.8 Å². The summed E-state index contributed by atoms with van der Waals surface area (Å²) < 4.78 is 24.1. The van der Waals surface area contributed by atoms with Gasteiger partial charge < -0.3 is 19.4 Å². The first-order valence-corrected chi connectivity index (χ1v) is 9.98. The number of carbonyl (C=O) groups is 1. The fourth-order valence-corrected chi connectivity index (χ4v) is 3.65. The molecule has 1 saturated heterocycles. The first kappa shape index (κ1) is 20.0. The molecule has 3 aromatic rings. The Bertz CT molecular complexity index is 924. The van der Waals surface area contributed by atoms with E-state index < -0.39 is 6.09 Å². The van der Waals surface area contributed by atoms with Crippen LogP contribution in [-0.4, -0.2) is 43.7 Å². The molecular formula is C23H24FN3O3. The lowest BCUT2D eigenvalue weighted by Gasteiger charge is -2.39. The van der Waals surface area contributed by atoms with E-state index in [2.05, 4.69) is 15.1 Å². The van der Waals surface area contributed by atoms with E-state index in [0.29, 0.717) is 12.3 Å². The SMILES string of the molecule is O=C(NC[C@@H](c1ccco1)N1CCN(c2ccc(F)cc2)CC1)Oc1ccccc1. The summed E-state index contributed by atoms with van der Waals surface area (Å²) >= 11 is 0. The lowest BCUT2D eigenvalue weighted by molar-refractivity contribution is 0.155. The summed E-state index contributed by atoms with van der Waals surface area (Å²) in [5.74, 6) is 1.06. The van der Waals surface area contributed by atoms with Crippen molar-refractivity contribution in [2.75, 3.05) is 37.6 Å². The van der Waals surface area contributed by atoms with E-state index >= 15 is 0 Å². The molecule has 1 aliphatic rings. The van der Waals surface area contributed by atoms with E-state index in [1.54, 1.807) is 30.5 Å². The first-order valence-electron chi connectivity index (χ1n) is 9.98. The van der Waals surface area contributed by atoms with Gasteiger partial charge in [0.1, 0.15) is 17.3 Å². The third-order valence-corrected chi connectivity index (χ3v) is 5.21. The van der Waals surface area contributed by atoms with Crippen molar-refractivity contribution < 1.29 is 18.3 Å². The van der Waals surface area contributed by atoms with Gasteiger partial charge in [0.05, 0.1) is 12.3 Å². The molecule has 7 heteroatoms. The van der Waals surface area contributed by atoms with Crippen LogP contribution >= 0.6 is 0 Å². The maximum absolute atomic E-state index is 13.2. The third kappa shape index (κ3) is 4.99. The number of rotatable bonds is 6. The zero-order valence-electron chi connectivity index (χ0n) is 16.5. The molecule has 0 aliphatic carbocycles. The molecule has 0 unspecified atom stereocenters. The normalized spacial score (nSPS) is 15.6. The van der Waals surface area contributed by atoms with Gasteiger partial charge in [-0.15, -0.1) is 0 Å². The van der Waals surface area contributed by atoms with Gasteiger partial charge in [-0.2, -0.15) is 0 Å². The number of hydrogen-bond acceptors (Lipinski definition) is 5. The highest BCUT2D eigenvalue weighted by atomic mass is 19.1. The van der Waals surface area contributed by atoms with Crippen LogP contribution in [0.15, 0.2) is 77.4 Å². The molecule has 6 nitrogen and oxygen atoms in total. The Hall–Kier alpha value is -3.32. The Morgan fingerprint density at radius 1 is 1.00 bits per heavy atom. The summed E-state index contributed by atoms with van der Waals surface area (Å²) in [6.07, 6.45) is 1.14. The van der Waals surface area contributed by atoms with Crippen LogP contribution in [0.4, 0.5) is 14.9 Å². The van der Waals surface area contributed by atoms with E-state index in [4.69, 9.17) is 9.15 Å². The second-order valence-electron chi connectivity index (χ2n) is 7.11. The van der Waals surface area contributed by atoms with E-state index in [-0.39, 0.29) is 11.9 Å². The smallest absolute Gasteiger partial charge is 0.412 e. The van der Waals surface area contributed by atoms with Crippen LogP contribution in [0.25, 0.3) is 0 Å². The molecule has 0 spiro atoms. The van der Waals surface area contributed by atoms with Crippen LogP contribution in [0, 0.1) is 5.82 Å². The summed E-state index contributed by atoms with van der Waals surface area (Å²) in [4.78, 5) is 16.7. The lowest BCUT2D eigenvalue weighted by Crippen LogP contribution is -2.50. The predicted molar refractivity (Wildman–Crippen MR) is 112 cm³/mol. The van der Waals surface area contributed by atoms with Crippen LogP contribution < -0.4 is 15.0 Å². The number of ether oxygens (including phenoxy) is 1. The minimum atomic E-state index is -0.497. The van der Waals surface area contributed by atoms with Crippen LogP contribution in [0.5, 0.6) is 5.75 Å². The highest BCUT2D eigenvalue weighted by molar-refractivity contribution is 5.70. The number of nitrogens with one attached hydrogen (secondary N) is 1. The minimum absolute atomic E-state index is 0.0984. The molecule has 1 fully saturated rings. The van der Waals surface area contributed by atoms with Crippen LogP contribution in [-0.2, 0) is 0 Å². The number of carbonyl (C=O) groups excluding carboxylic acids is 1. The van der Waals surface area contributed by atoms with Crippen molar-refractivity contribution in [1.29, 1.82) is 0 Å². The number of furan rings is 1. The zero-order chi connectivity index (χ0) is 20.8. The van der Waals surface area contributed by atoms with Crippen LogP contribution in [0.2, 0.25) is 0 Å². The molecular weight excluding hydrogens is 385 g/mol. The van der Waals surface area contributed by atoms with Gasteiger partial charge in [-0.1, -0.05) is 18.2 Å². The predicted octanol–water partition coefficient (Wildman–Crippen LogP) is 4.07. The standard InChI is InChI=1S/C23H24FN3O3/c24-18-8-10-19(11-9-18)26-12-14-27(15-13-26)21(22-7-4-16-29-22)17-25-23(28)30-20-5-2-1-3-6-20/h1-11,16,21H,12-15,17H2,(H,25,28)/t21-/m0/s1. The number of para-hydroxylation sites is 1. The number of nitrogens with zero attached hydrogens (tertiary/aromatic N) is 2. The summed E-state index contributed by atoms with van der Waals surface area (Å²) in [7, 11) is 0. The average Bonchev–Trinajstić information content (AvgIpc) is 3.30. The largest absolute Gasteiger partial charge is 0.468 e. The summed E-state index contributed by atoms with van der Waals surface area (Å²) in [5, 5.41) is 2.85. The molecule has 2 aromatic carbocycles. The molecule has 1 N–H and O–H groups in total. The second kappa shape index (κ2) is 9.45. The summed E-state index contributed by atoms with van der Waals surface area (Å²) in [5.41, 5.74) is 1.01. The van der Waals surface area contributed by atoms with Gasteiger partial charge >= 0.3 is 6.09 Å². The highest BCUT2D eigenvalue weighted by Crippen LogP contribution is 2.24. The molecule has 0 saturated carbocycles. The molecule has 1 aromatic heterocycles. The monoisotopic (exact) mass is 409 g/mol. The van der Waals surface area contributed by atoms with Gasteiger partial charge in [-0.05, 0) is 48.5 Å². The molecule has 0 radical (unpaired) electrons. The number of amides is 1. The Labute approximate surface area is 174 Å². The first-order chi connectivity index (χ1) is 14.7. The molecule has 156 valence electrons. The van der Waals surface area contributed by atoms with Crippen LogP contribution in [0.3, 0.4) is 0 Å². The topological polar surface area (TPSA) is 58.0 Å². The molecule has 0 bridgehead atoms. The van der Waals surface area contributed by atoms with E-state index in [0.717, 1.165) is 37.6 Å². The van der Waals surface area contributed by atoms with Crippen molar-refractivity contribution in [1.82, 2.24) is 10.2 Å². The van der Waals surface area contributed by atoms with Gasteiger partial charge in [-0.3, -0.25) is 4.90 Å². The van der Waals surface area contributed by atoms with Gasteiger partial charge in [0.25, 0.3) is 0 Å². The molecule has 1 aliphatic heterocycles. The second-order valence-corrected chi connectivity index (χ2v) is 7.11. The number of halogens is 1. The van der Waals surface area contributed by atoms with Gasteiger partial charge in [0, 0.05) is 38.4 Å². The third-order valence-electron chi connectivity index (χ3n) is 5.21. The van der Waals surface area contributed by atoms with Crippen molar-refractivity contribution in [3.05, 3.63) is 84.6 Å². The van der Waals surface area contributed by atoms with Gasteiger partial charge in [-0.25, -0.2) is 9.18 Å². The van der Waals surface area contributed by atoms with E-state index in [1.165, 1.54) is 12.1 Å². The van der Waals surface area contributed by atoms with Crippen molar-refractivity contribution in [3.8, 4) is 5.75 Å². The fourth-order valence-electron chi connectivity index (χ4n) is 3.65. The minimum Gasteiger partial charge on any atom is -0.468 e. The highest BCUT2D eigenvalue weighted by Gasteiger charge is 2.27. The average molecular weight is 409 g/mol. The fraction of sp³-hybridized carbons (Fsp3) is 0.261. The summed E-state index contributed by atoms with van der Waals surface area (Å²) in [6, 6.07) is 19.2. The van der Waals surface area contributed by atoms with Crippen molar-refractivity contribution in [3.63, 3.8) is 0 Å². The van der Waals surface area contributed by atoms with Gasteiger partial charge in [0.15, 0.2) is 0 Å². The maximum Gasteiger partial charge on any atom is 0.412 e. The van der Waals surface area contributed by atoms with E-state index in [1.807, 2.05) is 30.3 Å². The zero-order valence-corrected chi connectivity index (χ0v) is 16.5. The van der Waals surface area contributed by atoms with Crippen molar-refractivity contribution in [2.24, 2.45) is 0 Å². The van der Waals surface area contributed by atoms with Gasteiger partial charge in [0.2, 0.25) is 0 Å². The van der Waals surface area contributed by atoms with E-state index in [9.17, 15) is 9.18 Å². The molecule has 1 amide bonds. The number of benzene rings is 2. The lowest BCUT2D eigenvalue weighted by atomic mass is 10.1. The van der Waals surface area contributed by atoms with Crippen LogP contribution in [0.1, 0.15) is 11.8 Å². The maximum atomic E-state index is 13.2. The molecule has 2 heterocycles. The Kier molecular flexibility index (Phi) is 6.29. The molecule has 4 rings (SSSR count). The number of anilines is 1. The van der Waals surface area contributed by atoms with Crippen molar-refractivity contribution in [2.45, 2.75) is 6.04 Å². The quantitative estimate of drug-likeness (QED) is 0.665.